The van der Waals surface area contributed by atoms with Crippen LogP contribution in [0.3, 0.4) is 0 Å². The molecular formula is C19H22ClN5O2. The Morgan fingerprint density at radius 3 is 2.78 bits per heavy atom. The van der Waals surface area contributed by atoms with Crippen molar-refractivity contribution in [3.63, 3.8) is 0 Å². The standard InChI is InChI=1S/C19H22ClN5O2/c1-12-5-6-16(20)18(9-12)27-11-25-8-7-17(23-25)19(26)21-13(2)15-10-24(4)22-14(15)3/h5-10,13H,11H2,1-4H3,(H,21,26)/t13-/m0/s1. The van der Waals surface area contributed by atoms with E-state index in [4.69, 9.17) is 16.3 Å². The van der Waals surface area contributed by atoms with Crippen LogP contribution in [-0.4, -0.2) is 25.5 Å². The van der Waals surface area contributed by atoms with Gasteiger partial charge in [0.2, 0.25) is 0 Å². The van der Waals surface area contributed by atoms with Crippen LogP contribution in [0.25, 0.3) is 0 Å². The van der Waals surface area contributed by atoms with E-state index in [-0.39, 0.29) is 18.7 Å². The molecule has 142 valence electrons. The van der Waals surface area contributed by atoms with Crippen LogP contribution in [-0.2, 0) is 13.8 Å². The molecule has 0 saturated carbocycles. The summed E-state index contributed by atoms with van der Waals surface area (Å²) in [6.45, 7) is 5.96. The minimum Gasteiger partial charge on any atom is -0.470 e. The smallest absolute Gasteiger partial charge is 0.272 e. The molecule has 1 N–H and O–H groups in total. The highest BCUT2D eigenvalue weighted by atomic mass is 35.5. The van der Waals surface area contributed by atoms with Crippen LogP contribution in [0.15, 0.2) is 36.7 Å². The van der Waals surface area contributed by atoms with Gasteiger partial charge in [-0.1, -0.05) is 17.7 Å². The largest absolute Gasteiger partial charge is 0.470 e. The molecule has 3 rings (SSSR count). The molecule has 1 atom stereocenters. The minimum absolute atomic E-state index is 0.160. The Bertz CT molecular complexity index is 963. The average molecular weight is 388 g/mol. The summed E-state index contributed by atoms with van der Waals surface area (Å²) < 4.78 is 8.97. The molecule has 1 aromatic carbocycles. The molecule has 2 aromatic heterocycles. The number of nitrogens with zero attached hydrogens (tertiary/aromatic N) is 4. The second-order valence-electron chi connectivity index (χ2n) is 6.49. The molecule has 0 unspecified atom stereocenters. The molecule has 3 aromatic rings. The maximum absolute atomic E-state index is 12.5. The number of benzene rings is 1. The normalized spacial score (nSPS) is 12.0. The zero-order chi connectivity index (χ0) is 19.6. The van der Waals surface area contributed by atoms with E-state index in [1.165, 1.54) is 0 Å². The van der Waals surface area contributed by atoms with E-state index < -0.39 is 0 Å². The number of amides is 1. The molecule has 0 aliphatic rings. The summed E-state index contributed by atoms with van der Waals surface area (Å²) in [5, 5.41) is 12.0. The fraction of sp³-hybridized carbons (Fsp3) is 0.316. The average Bonchev–Trinajstić information content (AvgIpc) is 3.22. The second kappa shape index (κ2) is 7.84. The van der Waals surface area contributed by atoms with E-state index in [0.717, 1.165) is 16.8 Å². The predicted molar refractivity (Wildman–Crippen MR) is 103 cm³/mol. The Morgan fingerprint density at radius 1 is 1.30 bits per heavy atom. The third-order valence-electron chi connectivity index (χ3n) is 4.18. The number of halogens is 1. The van der Waals surface area contributed by atoms with Gasteiger partial charge < -0.3 is 10.1 Å². The van der Waals surface area contributed by atoms with E-state index in [0.29, 0.717) is 16.5 Å². The number of carbonyl (C=O) groups is 1. The summed E-state index contributed by atoms with van der Waals surface area (Å²) in [6.07, 6.45) is 3.59. The zero-order valence-electron chi connectivity index (χ0n) is 15.7. The quantitative estimate of drug-likeness (QED) is 0.703. The van der Waals surface area contributed by atoms with Gasteiger partial charge in [-0.05, 0) is 44.5 Å². The summed E-state index contributed by atoms with van der Waals surface area (Å²) in [4.78, 5) is 12.5. The lowest BCUT2D eigenvalue weighted by atomic mass is 10.1. The first-order valence-electron chi connectivity index (χ1n) is 8.57. The van der Waals surface area contributed by atoms with Crippen LogP contribution in [0.1, 0.15) is 40.3 Å². The van der Waals surface area contributed by atoms with Gasteiger partial charge >= 0.3 is 0 Å². The third kappa shape index (κ3) is 4.49. The van der Waals surface area contributed by atoms with Crippen molar-refractivity contribution in [1.82, 2.24) is 24.9 Å². The van der Waals surface area contributed by atoms with Crippen LogP contribution >= 0.6 is 11.6 Å². The van der Waals surface area contributed by atoms with Crippen LogP contribution in [0.4, 0.5) is 0 Å². The Morgan fingerprint density at radius 2 is 2.07 bits per heavy atom. The maximum atomic E-state index is 12.5. The number of aryl methyl sites for hydroxylation is 3. The number of rotatable bonds is 6. The van der Waals surface area contributed by atoms with Gasteiger partial charge in [-0.25, -0.2) is 4.68 Å². The van der Waals surface area contributed by atoms with Gasteiger partial charge in [0.05, 0.1) is 16.8 Å². The van der Waals surface area contributed by atoms with Gasteiger partial charge in [-0.15, -0.1) is 0 Å². The molecule has 0 fully saturated rings. The van der Waals surface area contributed by atoms with Crippen molar-refractivity contribution < 1.29 is 9.53 Å². The summed E-state index contributed by atoms with van der Waals surface area (Å²) in [7, 11) is 1.85. The number of hydrogen-bond acceptors (Lipinski definition) is 4. The fourth-order valence-electron chi connectivity index (χ4n) is 2.80. The topological polar surface area (TPSA) is 74.0 Å². The van der Waals surface area contributed by atoms with Crippen LogP contribution in [0.5, 0.6) is 5.75 Å². The molecule has 2 heterocycles. The van der Waals surface area contributed by atoms with Crippen molar-refractivity contribution in [2.75, 3.05) is 0 Å². The lowest BCUT2D eigenvalue weighted by Gasteiger charge is -2.12. The van der Waals surface area contributed by atoms with Crippen molar-refractivity contribution in [1.29, 1.82) is 0 Å². The van der Waals surface area contributed by atoms with Crippen molar-refractivity contribution in [3.05, 3.63) is 64.2 Å². The molecule has 0 radical (unpaired) electrons. The summed E-state index contributed by atoms with van der Waals surface area (Å²) in [6, 6.07) is 7.04. The fourth-order valence-corrected chi connectivity index (χ4v) is 2.98. The monoisotopic (exact) mass is 387 g/mol. The van der Waals surface area contributed by atoms with Gasteiger partial charge in [0.25, 0.3) is 5.91 Å². The Kier molecular flexibility index (Phi) is 5.51. The van der Waals surface area contributed by atoms with Crippen molar-refractivity contribution in [3.8, 4) is 5.75 Å². The molecule has 27 heavy (non-hydrogen) atoms. The SMILES string of the molecule is Cc1ccc(Cl)c(OCn2ccc(C(=O)N[C@@H](C)c3cn(C)nc3C)n2)c1. The summed E-state index contributed by atoms with van der Waals surface area (Å²) in [5.41, 5.74) is 3.24. The lowest BCUT2D eigenvalue weighted by molar-refractivity contribution is 0.0932. The molecule has 0 aliphatic heterocycles. The van der Waals surface area contributed by atoms with E-state index in [1.807, 2.05) is 46.1 Å². The molecule has 0 spiro atoms. The first-order valence-corrected chi connectivity index (χ1v) is 8.94. The molecule has 7 nitrogen and oxygen atoms in total. The predicted octanol–water partition coefficient (Wildman–Crippen LogP) is 3.41. The molecule has 1 amide bonds. The van der Waals surface area contributed by atoms with E-state index in [9.17, 15) is 4.79 Å². The Hall–Kier alpha value is -2.80. The van der Waals surface area contributed by atoms with Crippen LogP contribution in [0.2, 0.25) is 5.02 Å². The van der Waals surface area contributed by atoms with Crippen molar-refractivity contribution in [2.45, 2.75) is 33.5 Å². The van der Waals surface area contributed by atoms with Crippen molar-refractivity contribution >= 4 is 17.5 Å². The van der Waals surface area contributed by atoms with E-state index >= 15 is 0 Å². The van der Waals surface area contributed by atoms with E-state index in [1.54, 1.807) is 27.7 Å². The maximum Gasteiger partial charge on any atom is 0.272 e. The number of nitrogens with one attached hydrogen (secondary N) is 1. The molecular weight excluding hydrogens is 366 g/mol. The van der Waals surface area contributed by atoms with Gasteiger partial charge in [0, 0.05) is 25.0 Å². The Balaban J connectivity index is 1.62. The first-order chi connectivity index (χ1) is 12.8. The molecule has 0 bridgehead atoms. The minimum atomic E-state index is -0.252. The highest BCUT2D eigenvalue weighted by Gasteiger charge is 2.17. The summed E-state index contributed by atoms with van der Waals surface area (Å²) in [5.74, 6) is 0.330. The Labute approximate surface area is 162 Å². The first kappa shape index (κ1) is 19.0. The van der Waals surface area contributed by atoms with Gasteiger partial charge in [0.1, 0.15) is 11.4 Å². The lowest BCUT2D eigenvalue weighted by Crippen LogP contribution is -2.27. The van der Waals surface area contributed by atoms with Crippen molar-refractivity contribution in [2.24, 2.45) is 7.05 Å². The van der Waals surface area contributed by atoms with Gasteiger partial charge in [-0.3, -0.25) is 9.48 Å². The number of carbonyl (C=O) groups excluding carboxylic acids is 1. The van der Waals surface area contributed by atoms with Gasteiger partial charge in [-0.2, -0.15) is 10.2 Å². The van der Waals surface area contributed by atoms with E-state index in [2.05, 4.69) is 15.5 Å². The zero-order valence-corrected chi connectivity index (χ0v) is 16.5. The molecule has 8 heteroatoms. The van der Waals surface area contributed by atoms with Crippen LogP contribution in [0, 0.1) is 13.8 Å². The third-order valence-corrected chi connectivity index (χ3v) is 4.49. The highest BCUT2D eigenvalue weighted by molar-refractivity contribution is 6.32. The molecule has 0 aliphatic carbocycles. The van der Waals surface area contributed by atoms with Crippen LogP contribution < -0.4 is 10.1 Å². The summed E-state index contributed by atoms with van der Waals surface area (Å²) >= 11 is 6.12. The number of ether oxygens (including phenoxy) is 1. The molecule has 0 saturated heterocycles. The number of hydrogen-bond donors (Lipinski definition) is 1. The number of aromatic nitrogens is 4. The highest BCUT2D eigenvalue weighted by Crippen LogP contribution is 2.25. The van der Waals surface area contributed by atoms with Gasteiger partial charge in [0.15, 0.2) is 6.73 Å². The second-order valence-corrected chi connectivity index (χ2v) is 6.89.